The normalized spacial score (nSPS) is 13.5. The zero-order valence-electron chi connectivity index (χ0n) is 24.6. The Morgan fingerprint density at radius 2 is 1.77 bits per heavy atom. The first kappa shape index (κ1) is 34.2. The van der Waals surface area contributed by atoms with Crippen LogP contribution in [0.1, 0.15) is 58.9 Å². The highest BCUT2D eigenvalue weighted by molar-refractivity contribution is 5.96. The van der Waals surface area contributed by atoms with E-state index in [9.17, 15) is 23.2 Å². The first-order valence-electron chi connectivity index (χ1n) is 14.2. The number of benzene rings is 2. The fraction of sp³-hybridized carbons (Fsp3) is 0.355. The number of amides is 4. The monoisotopic (exact) mass is 630 g/mol. The first-order chi connectivity index (χ1) is 20.7. The molecule has 4 N–H and O–H groups in total. The van der Waals surface area contributed by atoms with Gasteiger partial charge in [0.15, 0.2) is 0 Å². The Morgan fingerprint density at radius 3 is 2.36 bits per heavy atom. The van der Waals surface area contributed by atoms with Gasteiger partial charge in [-0.05, 0) is 55.2 Å². The Bertz CT molecular complexity index is 1430. The summed E-state index contributed by atoms with van der Waals surface area (Å²) < 4.78 is 34.1. The van der Waals surface area contributed by atoms with E-state index in [4.69, 9.17) is 10.5 Å². The van der Waals surface area contributed by atoms with Crippen LogP contribution in [0, 0.1) is 11.6 Å². The van der Waals surface area contributed by atoms with Gasteiger partial charge < -0.3 is 26.0 Å². The largest absolute Gasteiger partial charge is 0.439 e. The molecule has 10 nitrogen and oxygen atoms in total. The number of pyridine rings is 1. The van der Waals surface area contributed by atoms with Crippen LogP contribution in [0.25, 0.3) is 0 Å². The maximum Gasteiger partial charge on any atom is 0.322 e. The summed E-state index contributed by atoms with van der Waals surface area (Å²) in [7, 11) is 1.58. The summed E-state index contributed by atoms with van der Waals surface area (Å²) in [5, 5.41) is 5.08. The minimum Gasteiger partial charge on any atom is -0.439 e. The van der Waals surface area contributed by atoms with Crippen molar-refractivity contribution in [3.8, 4) is 11.6 Å². The minimum absolute atomic E-state index is 0. The number of hydrogen-bond acceptors (Lipinski definition) is 6. The molecule has 1 aliphatic rings. The smallest absolute Gasteiger partial charge is 0.322 e. The summed E-state index contributed by atoms with van der Waals surface area (Å²) in [6, 6.07) is 11.4. The Morgan fingerprint density at radius 1 is 1.07 bits per heavy atom. The summed E-state index contributed by atoms with van der Waals surface area (Å²) in [5.41, 5.74) is 5.95. The van der Waals surface area contributed by atoms with Crippen LogP contribution in [-0.4, -0.2) is 65.4 Å². The van der Waals surface area contributed by atoms with E-state index in [-0.39, 0.29) is 30.0 Å². The van der Waals surface area contributed by atoms with E-state index < -0.39 is 29.1 Å². The average Bonchev–Trinajstić information content (AvgIpc) is 3.00. The predicted molar refractivity (Wildman–Crippen MR) is 165 cm³/mol. The van der Waals surface area contributed by atoms with Crippen molar-refractivity contribution in [2.75, 3.05) is 32.0 Å². The highest BCUT2D eigenvalue weighted by atomic mass is 35.5. The lowest BCUT2D eigenvalue weighted by Gasteiger charge is -2.38. The third-order valence-electron chi connectivity index (χ3n) is 7.34. The van der Waals surface area contributed by atoms with Crippen LogP contribution in [0.5, 0.6) is 11.6 Å². The van der Waals surface area contributed by atoms with E-state index in [1.807, 2.05) is 13.0 Å². The Kier molecular flexibility index (Phi) is 12.4. The van der Waals surface area contributed by atoms with Gasteiger partial charge in [0.2, 0.25) is 5.88 Å². The molecular formula is C31H37ClF2N6O4. The van der Waals surface area contributed by atoms with E-state index in [1.165, 1.54) is 0 Å². The molecule has 0 atom stereocenters. The molecule has 236 valence electrons. The summed E-state index contributed by atoms with van der Waals surface area (Å²) in [6.45, 7) is 4.67. The van der Waals surface area contributed by atoms with Crippen LogP contribution < -0.4 is 21.1 Å². The lowest BCUT2D eigenvalue weighted by atomic mass is 10.0. The highest BCUT2D eigenvalue weighted by Crippen LogP contribution is 2.24. The number of aromatic nitrogens is 1. The molecule has 1 aliphatic heterocycles. The number of unbranched alkanes of at least 4 members (excludes halogenated alkanes) is 1. The number of nitrogens with two attached hydrogens (primary N) is 1. The number of primary amides is 1. The van der Waals surface area contributed by atoms with Gasteiger partial charge in [-0.1, -0.05) is 19.4 Å². The van der Waals surface area contributed by atoms with Gasteiger partial charge >= 0.3 is 6.03 Å². The lowest BCUT2D eigenvalue weighted by molar-refractivity contribution is 0.0961. The van der Waals surface area contributed by atoms with Crippen molar-refractivity contribution in [1.29, 1.82) is 0 Å². The standard InChI is InChI=1S/C31H36F2N6O4.ClH/c1-3-4-13-39(31(42)37-27-16-24(29(34)40)25(32)17-26(27)33)22-11-14-38(15-12-22)19-20-5-10-28(36-18-20)43-23-8-6-21(7-9-23)30(41)35-2;/h5-10,16-18,22H,3-4,11-15,19H2,1-2H3,(H2,34,40)(H,35,41)(H,37,42);1H. The highest BCUT2D eigenvalue weighted by Gasteiger charge is 2.28. The molecule has 1 aromatic heterocycles. The molecule has 0 unspecified atom stereocenters. The number of halogens is 3. The second kappa shape index (κ2) is 16.0. The van der Waals surface area contributed by atoms with Crippen molar-refractivity contribution >= 4 is 35.9 Å². The molecule has 0 aliphatic carbocycles. The van der Waals surface area contributed by atoms with E-state index in [2.05, 4.69) is 20.5 Å². The van der Waals surface area contributed by atoms with Crippen molar-refractivity contribution in [2.24, 2.45) is 5.73 Å². The number of likely N-dealkylation sites (tertiary alicyclic amines) is 1. The third kappa shape index (κ3) is 8.87. The predicted octanol–water partition coefficient (Wildman–Crippen LogP) is 5.33. The number of carbonyl (C=O) groups excluding carboxylic acids is 3. The Labute approximate surface area is 261 Å². The van der Waals surface area contributed by atoms with Crippen LogP contribution in [-0.2, 0) is 6.54 Å². The van der Waals surface area contributed by atoms with E-state index >= 15 is 0 Å². The van der Waals surface area contributed by atoms with Crippen molar-refractivity contribution < 1.29 is 27.9 Å². The van der Waals surface area contributed by atoms with Crippen molar-refractivity contribution in [1.82, 2.24) is 20.1 Å². The van der Waals surface area contributed by atoms with Gasteiger partial charge in [-0.2, -0.15) is 0 Å². The number of piperidine rings is 1. The molecule has 0 bridgehead atoms. The molecule has 1 fully saturated rings. The Balaban J connectivity index is 0.00000529. The number of nitrogens with one attached hydrogen (secondary N) is 2. The van der Waals surface area contributed by atoms with Gasteiger partial charge in [-0.15, -0.1) is 12.4 Å². The number of hydrogen-bond donors (Lipinski definition) is 3. The van der Waals surface area contributed by atoms with Crippen LogP contribution in [0.15, 0.2) is 54.7 Å². The number of anilines is 1. The lowest BCUT2D eigenvalue weighted by Crippen LogP contribution is -2.49. The number of urea groups is 1. The molecule has 44 heavy (non-hydrogen) atoms. The number of ether oxygens (including phenoxy) is 1. The van der Waals surface area contributed by atoms with E-state index in [0.29, 0.717) is 36.3 Å². The third-order valence-corrected chi connectivity index (χ3v) is 7.34. The molecule has 4 amide bonds. The van der Waals surface area contributed by atoms with Crippen molar-refractivity contribution in [2.45, 2.75) is 45.2 Å². The molecule has 3 aromatic rings. The molecule has 0 radical (unpaired) electrons. The van der Waals surface area contributed by atoms with Crippen LogP contribution in [0.2, 0.25) is 0 Å². The fourth-order valence-corrected chi connectivity index (χ4v) is 4.95. The zero-order chi connectivity index (χ0) is 30.9. The van der Waals surface area contributed by atoms with Crippen LogP contribution in [0.4, 0.5) is 19.3 Å². The first-order valence-corrected chi connectivity index (χ1v) is 14.2. The molecule has 0 spiro atoms. The number of carbonyl (C=O) groups is 3. The quantitative estimate of drug-likeness (QED) is 0.263. The van der Waals surface area contributed by atoms with Gasteiger partial charge in [0.05, 0.1) is 11.3 Å². The summed E-state index contributed by atoms with van der Waals surface area (Å²) in [4.78, 5) is 44.8. The van der Waals surface area contributed by atoms with Crippen molar-refractivity contribution in [3.63, 3.8) is 0 Å². The van der Waals surface area contributed by atoms with Gasteiger partial charge in [0, 0.05) is 63.2 Å². The van der Waals surface area contributed by atoms with Crippen LogP contribution in [0.3, 0.4) is 0 Å². The van der Waals surface area contributed by atoms with Gasteiger partial charge in [0.25, 0.3) is 11.8 Å². The molecule has 0 saturated carbocycles. The summed E-state index contributed by atoms with van der Waals surface area (Å²) in [5.74, 6) is -2.27. The van der Waals surface area contributed by atoms with Crippen molar-refractivity contribution in [3.05, 3.63) is 83.1 Å². The second-order valence-corrected chi connectivity index (χ2v) is 10.4. The maximum atomic E-state index is 14.4. The second-order valence-electron chi connectivity index (χ2n) is 10.4. The molecule has 2 aromatic carbocycles. The Hall–Kier alpha value is -4.29. The molecule has 13 heteroatoms. The van der Waals surface area contributed by atoms with E-state index in [0.717, 1.165) is 50.4 Å². The van der Waals surface area contributed by atoms with Gasteiger partial charge in [0.1, 0.15) is 17.4 Å². The van der Waals surface area contributed by atoms with E-state index in [1.54, 1.807) is 48.5 Å². The van der Waals surface area contributed by atoms with Crippen LogP contribution >= 0.6 is 12.4 Å². The topological polar surface area (TPSA) is 130 Å². The molecule has 1 saturated heterocycles. The average molecular weight is 631 g/mol. The molecule has 2 heterocycles. The summed E-state index contributed by atoms with van der Waals surface area (Å²) >= 11 is 0. The zero-order valence-corrected chi connectivity index (χ0v) is 25.5. The fourth-order valence-electron chi connectivity index (χ4n) is 4.95. The van der Waals surface area contributed by atoms with Gasteiger partial charge in [-0.25, -0.2) is 18.6 Å². The SMILES string of the molecule is CCCCN(C(=O)Nc1cc(C(N)=O)c(F)cc1F)C1CCN(Cc2ccc(Oc3ccc(C(=O)NC)cc3)nc2)CC1.Cl. The number of nitrogens with zero attached hydrogens (tertiary/aromatic N) is 3. The number of rotatable bonds is 11. The minimum atomic E-state index is -1.08. The maximum absolute atomic E-state index is 14.4. The summed E-state index contributed by atoms with van der Waals surface area (Å²) in [6.07, 6.45) is 4.84. The van der Waals surface area contributed by atoms with Gasteiger partial charge in [-0.3, -0.25) is 14.5 Å². The molecule has 4 rings (SSSR count). The molecular weight excluding hydrogens is 594 g/mol.